The predicted octanol–water partition coefficient (Wildman–Crippen LogP) is 3.51. The standard InChI is InChI=1S/C16H10BrFN2O/c17-11-5-3-4-10(8-11)9-14-16(21)20-15(19-14)12-6-1-2-7-13(12)18/h1-9H,(H,19,20,21)/b14-9+. The van der Waals surface area contributed by atoms with Crippen LogP contribution in [-0.2, 0) is 4.79 Å². The van der Waals surface area contributed by atoms with Crippen LogP contribution in [0.25, 0.3) is 6.08 Å². The molecule has 21 heavy (non-hydrogen) atoms. The normalized spacial score (nSPS) is 16.0. The maximum Gasteiger partial charge on any atom is 0.275 e. The first-order valence-electron chi connectivity index (χ1n) is 6.26. The van der Waals surface area contributed by atoms with Crippen LogP contribution in [0.3, 0.4) is 0 Å². The molecule has 0 spiro atoms. The van der Waals surface area contributed by atoms with Crippen molar-refractivity contribution in [1.29, 1.82) is 0 Å². The lowest BCUT2D eigenvalue weighted by molar-refractivity contribution is -0.115. The van der Waals surface area contributed by atoms with Crippen molar-refractivity contribution >= 4 is 33.7 Å². The van der Waals surface area contributed by atoms with Gasteiger partial charge in [0.1, 0.15) is 17.3 Å². The van der Waals surface area contributed by atoms with Crippen molar-refractivity contribution in [2.24, 2.45) is 4.99 Å². The molecule has 0 aromatic heterocycles. The van der Waals surface area contributed by atoms with E-state index in [2.05, 4.69) is 26.2 Å². The molecule has 0 bridgehead atoms. The van der Waals surface area contributed by atoms with E-state index in [1.54, 1.807) is 24.3 Å². The summed E-state index contributed by atoms with van der Waals surface area (Å²) < 4.78 is 14.6. The zero-order valence-corrected chi connectivity index (χ0v) is 12.4. The van der Waals surface area contributed by atoms with Gasteiger partial charge in [-0.3, -0.25) is 4.79 Å². The Hall–Kier alpha value is -2.27. The average Bonchev–Trinajstić information content (AvgIpc) is 2.80. The Morgan fingerprint density at radius 2 is 1.95 bits per heavy atom. The van der Waals surface area contributed by atoms with Gasteiger partial charge < -0.3 is 5.32 Å². The van der Waals surface area contributed by atoms with Gasteiger partial charge in [0.15, 0.2) is 0 Å². The van der Waals surface area contributed by atoms with Crippen molar-refractivity contribution in [2.75, 3.05) is 0 Å². The summed E-state index contributed by atoms with van der Waals surface area (Å²) in [5.41, 5.74) is 1.38. The summed E-state index contributed by atoms with van der Waals surface area (Å²) in [6.07, 6.45) is 1.66. The average molecular weight is 345 g/mol. The summed E-state index contributed by atoms with van der Waals surface area (Å²) in [7, 11) is 0. The first kappa shape index (κ1) is 13.7. The monoisotopic (exact) mass is 344 g/mol. The van der Waals surface area contributed by atoms with Gasteiger partial charge in [-0.1, -0.05) is 40.2 Å². The number of rotatable bonds is 2. The number of hydrogen-bond donors (Lipinski definition) is 1. The zero-order valence-electron chi connectivity index (χ0n) is 10.8. The second kappa shape index (κ2) is 5.61. The van der Waals surface area contributed by atoms with Gasteiger partial charge in [0.05, 0.1) is 5.56 Å². The fraction of sp³-hybridized carbons (Fsp3) is 0. The molecule has 1 heterocycles. The summed E-state index contributed by atoms with van der Waals surface area (Å²) in [5.74, 6) is -0.521. The van der Waals surface area contributed by atoms with Gasteiger partial charge in [-0.15, -0.1) is 0 Å². The number of nitrogens with one attached hydrogen (secondary N) is 1. The van der Waals surface area contributed by atoms with Crippen LogP contribution in [0, 0.1) is 5.82 Å². The molecule has 104 valence electrons. The molecule has 3 nitrogen and oxygen atoms in total. The van der Waals surface area contributed by atoms with Crippen molar-refractivity contribution in [3.8, 4) is 0 Å². The summed E-state index contributed by atoms with van der Waals surface area (Å²) in [6.45, 7) is 0. The predicted molar refractivity (Wildman–Crippen MR) is 83.2 cm³/mol. The maximum absolute atomic E-state index is 13.7. The SMILES string of the molecule is O=C1NC(c2ccccc2F)=N/C1=C/c1cccc(Br)c1. The number of carbonyl (C=O) groups excluding carboxylic acids is 1. The van der Waals surface area contributed by atoms with Gasteiger partial charge in [-0.25, -0.2) is 9.38 Å². The van der Waals surface area contributed by atoms with E-state index in [1.807, 2.05) is 24.3 Å². The minimum absolute atomic E-state index is 0.236. The molecular weight excluding hydrogens is 335 g/mol. The maximum atomic E-state index is 13.7. The van der Waals surface area contributed by atoms with Crippen molar-refractivity contribution in [3.63, 3.8) is 0 Å². The van der Waals surface area contributed by atoms with Crippen LogP contribution in [-0.4, -0.2) is 11.7 Å². The number of amidine groups is 1. The van der Waals surface area contributed by atoms with Crippen LogP contribution in [0.1, 0.15) is 11.1 Å². The van der Waals surface area contributed by atoms with Gasteiger partial charge in [0.2, 0.25) is 0 Å². The van der Waals surface area contributed by atoms with Crippen molar-refractivity contribution in [2.45, 2.75) is 0 Å². The first-order chi connectivity index (χ1) is 10.1. The van der Waals surface area contributed by atoms with E-state index in [9.17, 15) is 9.18 Å². The van der Waals surface area contributed by atoms with Crippen molar-refractivity contribution in [1.82, 2.24) is 5.32 Å². The van der Waals surface area contributed by atoms with Gasteiger partial charge in [-0.05, 0) is 35.9 Å². The summed E-state index contributed by atoms with van der Waals surface area (Å²) in [4.78, 5) is 16.1. The van der Waals surface area contributed by atoms with Crippen LogP contribution < -0.4 is 5.32 Å². The Bertz CT molecular complexity index is 783. The quantitative estimate of drug-likeness (QED) is 0.832. The van der Waals surface area contributed by atoms with E-state index in [0.29, 0.717) is 0 Å². The molecule has 0 saturated carbocycles. The molecule has 3 rings (SSSR count). The first-order valence-corrected chi connectivity index (χ1v) is 7.05. The van der Waals surface area contributed by atoms with Gasteiger partial charge in [0.25, 0.3) is 5.91 Å². The van der Waals surface area contributed by atoms with Crippen molar-refractivity contribution in [3.05, 3.63) is 75.6 Å². The molecule has 0 saturated heterocycles. The number of benzene rings is 2. The van der Waals surface area contributed by atoms with E-state index in [0.717, 1.165) is 10.0 Å². The Morgan fingerprint density at radius 1 is 1.14 bits per heavy atom. The summed E-state index contributed by atoms with van der Waals surface area (Å²) >= 11 is 3.37. The molecule has 0 aliphatic carbocycles. The number of aliphatic imine (C=N–C) groups is 1. The fourth-order valence-corrected chi connectivity index (χ4v) is 2.42. The number of hydrogen-bond acceptors (Lipinski definition) is 2. The van der Waals surface area contributed by atoms with E-state index >= 15 is 0 Å². The van der Waals surface area contributed by atoms with Crippen LogP contribution >= 0.6 is 15.9 Å². The van der Waals surface area contributed by atoms with Gasteiger partial charge >= 0.3 is 0 Å². The fourth-order valence-electron chi connectivity index (χ4n) is 2.00. The van der Waals surface area contributed by atoms with Crippen molar-refractivity contribution < 1.29 is 9.18 Å². The second-order valence-corrected chi connectivity index (χ2v) is 5.39. The third kappa shape index (κ3) is 2.92. The number of nitrogens with zero attached hydrogens (tertiary/aromatic N) is 1. The van der Waals surface area contributed by atoms with E-state index in [4.69, 9.17) is 0 Å². The molecule has 1 aliphatic heterocycles. The van der Waals surface area contributed by atoms with Gasteiger partial charge in [0, 0.05) is 4.47 Å². The number of halogens is 2. The molecule has 2 aromatic carbocycles. The lowest BCUT2D eigenvalue weighted by Crippen LogP contribution is -2.25. The van der Waals surface area contributed by atoms with Crippen LogP contribution in [0.4, 0.5) is 4.39 Å². The third-order valence-electron chi connectivity index (χ3n) is 2.98. The van der Waals surface area contributed by atoms with Crippen LogP contribution in [0.2, 0.25) is 0 Å². The molecule has 0 atom stereocenters. The van der Waals surface area contributed by atoms with E-state index < -0.39 is 5.82 Å². The lowest BCUT2D eigenvalue weighted by Gasteiger charge is -2.00. The van der Waals surface area contributed by atoms with Crippen LogP contribution in [0.5, 0.6) is 0 Å². The topological polar surface area (TPSA) is 41.5 Å². The van der Waals surface area contributed by atoms with Crippen LogP contribution in [0.15, 0.2) is 63.7 Å². The molecule has 0 radical (unpaired) electrons. The molecule has 1 amide bonds. The van der Waals surface area contributed by atoms with E-state index in [-0.39, 0.29) is 23.0 Å². The number of carbonyl (C=O) groups is 1. The minimum Gasteiger partial charge on any atom is -0.305 e. The highest BCUT2D eigenvalue weighted by Gasteiger charge is 2.22. The molecular formula is C16H10BrFN2O. The minimum atomic E-state index is -0.416. The van der Waals surface area contributed by atoms with Gasteiger partial charge in [-0.2, -0.15) is 0 Å². The smallest absolute Gasteiger partial charge is 0.275 e. The molecule has 1 N–H and O–H groups in total. The molecule has 2 aromatic rings. The zero-order chi connectivity index (χ0) is 14.8. The summed E-state index contributed by atoms with van der Waals surface area (Å²) in [5, 5.41) is 2.59. The lowest BCUT2D eigenvalue weighted by atomic mass is 10.2. The van der Waals surface area contributed by atoms with E-state index in [1.165, 1.54) is 6.07 Å². The highest BCUT2D eigenvalue weighted by atomic mass is 79.9. The number of amides is 1. The Kier molecular flexibility index (Phi) is 3.66. The molecule has 5 heteroatoms. The Balaban J connectivity index is 1.98. The Morgan fingerprint density at radius 3 is 2.71 bits per heavy atom. The third-order valence-corrected chi connectivity index (χ3v) is 3.47. The highest BCUT2D eigenvalue weighted by Crippen LogP contribution is 2.18. The Labute approximate surface area is 129 Å². The molecule has 1 aliphatic rings. The molecule has 0 fully saturated rings. The second-order valence-electron chi connectivity index (χ2n) is 4.48. The highest BCUT2D eigenvalue weighted by molar-refractivity contribution is 9.10. The molecule has 0 unspecified atom stereocenters. The largest absolute Gasteiger partial charge is 0.305 e. The summed E-state index contributed by atoms with van der Waals surface area (Å²) in [6, 6.07) is 13.7.